The second kappa shape index (κ2) is 6.41. The Hall–Kier alpha value is -2.00. The average molecular weight is 334 g/mol. The highest BCUT2D eigenvalue weighted by Gasteiger charge is 2.12. The molecule has 1 amide bonds. The van der Waals surface area contributed by atoms with Gasteiger partial charge in [-0.3, -0.25) is 10.1 Å². The van der Waals surface area contributed by atoms with Gasteiger partial charge in [0, 0.05) is 12.1 Å². The molecule has 0 radical (unpaired) electrons. The number of anilines is 1. The monoisotopic (exact) mass is 334 g/mol. The lowest BCUT2D eigenvalue weighted by Gasteiger charge is -2.01. The van der Waals surface area contributed by atoms with Crippen molar-refractivity contribution >= 4 is 45.2 Å². The van der Waals surface area contributed by atoms with E-state index in [1.807, 2.05) is 19.9 Å². The highest BCUT2D eigenvalue weighted by atomic mass is 32.2. The summed E-state index contributed by atoms with van der Waals surface area (Å²) in [6.45, 7) is 4.78. The maximum absolute atomic E-state index is 12.3. The Morgan fingerprint density at radius 3 is 2.95 bits per heavy atom. The van der Waals surface area contributed by atoms with Crippen LogP contribution in [0.2, 0.25) is 0 Å². The fourth-order valence-corrected chi connectivity index (χ4v) is 3.60. The lowest BCUT2D eigenvalue weighted by Crippen LogP contribution is -2.11. The van der Waals surface area contributed by atoms with E-state index in [1.54, 1.807) is 28.6 Å². The van der Waals surface area contributed by atoms with Gasteiger partial charge in [-0.25, -0.2) is 4.68 Å². The van der Waals surface area contributed by atoms with Crippen LogP contribution in [0, 0.1) is 0 Å². The molecule has 0 fully saturated rings. The molecule has 114 valence electrons. The summed E-state index contributed by atoms with van der Waals surface area (Å²) in [6, 6.07) is 5.34. The van der Waals surface area contributed by atoms with Gasteiger partial charge in [-0.1, -0.05) is 35.2 Å². The molecule has 9 heteroatoms. The number of thioether (sulfide) groups is 1. The number of carbonyl (C=O) groups is 1. The molecule has 0 bridgehead atoms. The first-order chi connectivity index (χ1) is 10.7. The number of carbonyl (C=O) groups excluding carboxylic acids is 1. The quantitative estimate of drug-likeness (QED) is 0.570. The third-order valence-corrected chi connectivity index (χ3v) is 4.82. The standard InChI is InChI=1S/C13H14N6OS2/c1-3-19-10-6-5-8(7-9(10)15-18-19)11(20)14-12-16-17-13(22-12)21-4-2/h5-7H,3-4H2,1-2H3,(H,14,16,20). The first-order valence-corrected chi connectivity index (χ1v) is 8.62. The van der Waals surface area contributed by atoms with E-state index in [0.717, 1.165) is 22.2 Å². The summed E-state index contributed by atoms with van der Waals surface area (Å²) in [4.78, 5) is 12.3. The van der Waals surface area contributed by atoms with Crippen molar-refractivity contribution in [2.24, 2.45) is 0 Å². The van der Waals surface area contributed by atoms with Gasteiger partial charge < -0.3 is 0 Å². The van der Waals surface area contributed by atoms with Crippen molar-refractivity contribution in [2.45, 2.75) is 24.7 Å². The van der Waals surface area contributed by atoms with Crippen molar-refractivity contribution in [3.63, 3.8) is 0 Å². The second-order valence-corrected chi connectivity index (χ2v) is 6.86. The highest BCUT2D eigenvalue weighted by Crippen LogP contribution is 2.25. The third-order valence-electron chi connectivity index (χ3n) is 2.97. The molecule has 0 aliphatic rings. The number of rotatable bonds is 5. The number of hydrogen-bond donors (Lipinski definition) is 1. The lowest BCUT2D eigenvalue weighted by molar-refractivity contribution is 0.102. The lowest BCUT2D eigenvalue weighted by atomic mass is 10.2. The molecule has 0 aliphatic heterocycles. The minimum absolute atomic E-state index is 0.225. The van der Waals surface area contributed by atoms with Gasteiger partial charge in [0.05, 0.1) is 5.52 Å². The van der Waals surface area contributed by atoms with Crippen LogP contribution in [0.4, 0.5) is 5.13 Å². The largest absolute Gasteiger partial charge is 0.296 e. The zero-order valence-electron chi connectivity index (χ0n) is 12.1. The van der Waals surface area contributed by atoms with Crippen LogP contribution in [0.5, 0.6) is 0 Å². The van der Waals surface area contributed by atoms with Crippen LogP contribution in [0.25, 0.3) is 11.0 Å². The molecule has 0 aliphatic carbocycles. The molecular weight excluding hydrogens is 320 g/mol. The molecule has 2 heterocycles. The van der Waals surface area contributed by atoms with Gasteiger partial charge in [-0.15, -0.1) is 15.3 Å². The Labute approximate surface area is 135 Å². The molecule has 3 rings (SSSR count). The van der Waals surface area contributed by atoms with Gasteiger partial charge >= 0.3 is 0 Å². The summed E-state index contributed by atoms with van der Waals surface area (Å²) in [7, 11) is 0. The summed E-state index contributed by atoms with van der Waals surface area (Å²) < 4.78 is 2.63. The molecule has 0 saturated carbocycles. The van der Waals surface area contributed by atoms with Gasteiger partial charge in [0.2, 0.25) is 5.13 Å². The van der Waals surface area contributed by atoms with Crippen molar-refractivity contribution in [1.29, 1.82) is 0 Å². The summed E-state index contributed by atoms with van der Waals surface area (Å²) >= 11 is 2.97. The average Bonchev–Trinajstić information content (AvgIpc) is 3.13. The van der Waals surface area contributed by atoms with Crippen molar-refractivity contribution in [2.75, 3.05) is 11.1 Å². The van der Waals surface area contributed by atoms with Gasteiger partial charge in [-0.05, 0) is 30.9 Å². The van der Waals surface area contributed by atoms with Gasteiger partial charge in [0.1, 0.15) is 5.52 Å². The van der Waals surface area contributed by atoms with E-state index in [4.69, 9.17) is 0 Å². The Balaban J connectivity index is 1.79. The number of nitrogens with zero attached hydrogens (tertiary/aromatic N) is 5. The molecule has 1 N–H and O–H groups in total. The fraction of sp³-hybridized carbons (Fsp3) is 0.308. The van der Waals surface area contributed by atoms with E-state index in [2.05, 4.69) is 25.8 Å². The molecular formula is C13H14N6OS2. The Kier molecular flexibility index (Phi) is 4.34. The first kappa shape index (κ1) is 14.9. The van der Waals surface area contributed by atoms with Crippen LogP contribution in [0.1, 0.15) is 24.2 Å². The number of amides is 1. The van der Waals surface area contributed by atoms with E-state index < -0.39 is 0 Å². The summed E-state index contributed by atoms with van der Waals surface area (Å²) in [5.41, 5.74) is 2.14. The van der Waals surface area contributed by atoms with Gasteiger partial charge in [0.15, 0.2) is 4.34 Å². The SMILES string of the molecule is CCSc1nnc(NC(=O)c2ccc3c(c2)nnn3CC)s1. The smallest absolute Gasteiger partial charge is 0.257 e. The summed E-state index contributed by atoms with van der Waals surface area (Å²) in [6.07, 6.45) is 0. The third kappa shape index (κ3) is 2.95. The molecule has 1 aromatic carbocycles. The van der Waals surface area contributed by atoms with Crippen molar-refractivity contribution in [3.8, 4) is 0 Å². The first-order valence-electron chi connectivity index (χ1n) is 6.82. The zero-order chi connectivity index (χ0) is 15.5. The number of aryl methyl sites for hydroxylation is 1. The van der Waals surface area contributed by atoms with Crippen LogP contribution >= 0.6 is 23.1 Å². The highest BCUT2D eigenvalue weighted by molar-refractivity contribution is 8.01. The van der Waals surface area contributed by atoms with E-state index in [-0.39, 0.29) is 5.91 Å². The Morgan fingerprint density at radius 1 is 1.32 bits per heavy atom. The van der Waals surface area contributed by atoms with Crippen molar-refractivity contribution < 1.29 is 4.79 Å². The van der Waals surface area contributed by atoms with Crippen LogP contribution in [0.15, 0.2) is 22.5 Å². The topological polar surface area (TPSA) is 85.6 Å². The van der Waals surface area contributed by atoms with E-state index in [0.29, 0.717) is 16.2 Å². The molecule has 22 heavy (non-hydrogen) atoms. The maximum atomic E-state index is 12.3. The molecule has 0 saturated heterocycles. The normalized spacial score (nSPS) is 11.0. The second-order valence-electron chi connectivity index (χ2n) is 4.37. The van der Waals surface area contributed by atoms with Crippen LogP contribution in [-0.4, -0.2) is 36.9 Å². The maximum Gasteiger partial charge on any atom is 0.257 e. The molecule has 0 spiro atoms. The minimum Gasteiger partial charge on any atom is -0.296 e. The number of nitrogens with one attached hydrogen (secondary N) is 1. The summed E-state index contributed by atoms with van der Waals surface area (Å²) in [5.74, 6) is 0.698. The molecule has 0 unspecified atom stereocenters. The zero-order valence-corrected chi connectivity index (χ0v) is 13.7. The number of aromatic nitrogens is 5. The predicted molar refractivity (Wildman–Crippen MR) is 87.5 cm³/mol. The van der Waals surface area contributed by atoms with Gasteiger partial charge in [0.25, 0.3) is 5.91 Å². The van der Waals surface area contributed by atoms with E-state index in [1.165, 1.54) is 11.3 Å². The molecule has 0 atom stereocenters. The molecule has 2 aromatic heterocycles. The van der Waals surface area contributed by atoms with E-state index >= 15 is 0 Å². The van der Waals surface area contributed by atoms with E-state index in [9.17, 15) is 4.79 Å². The van der Waals surface area contributed by atoms with Crippen LogP contribution in [-0.2, 0) is 6.54 Å². The summed E-state index contributed by atoms with van der Waals surface area (Å²) in [5, 5.41) is 19.3. The van der Waals surface area contributed by atoms with Gasteiger partial charge in [-0.2, -0.15) is 0 Å². The molecule has 3 aromatic rings. The Bertz CT molecular complexity index is 812. The van der Waals surface area contributed by atoms with Crippen molar-refractivity contribution in [3.05, 3.63) is 23.8 Å². The van der Waals surface area contributed by atoms with Crippen molar-refractivity contribution in [1.82, 2.24) is 25.2 Å². The number of fused-ring (bicyclic) bond motifs is 1. The number of benzene rings is 1. The Morgan fingerprint density at radius 2 is 2.18 bits per heavy atom. The molecule has 7 nitrogen and oxygen atoms in total. The van der Waals surface area contributed by atoms with Crippen LogP contribution in [0.3, 0.4) is 0 Å². The predicted octanol–water partition coefficient (Wildman–Crippen LogP) is 2.67. The minimum atomic E-state index is -0.225. The fourth-order valence-electron chi connectivity index (χ4n) is 1.96. The number of hydrogen-bond acceptors (Lipinski definition) is 7. The van der Waals surface area contributed by atoms with Crippen LogP contribution < -0.4 is 5.32 Å².